The summed E-state index contributed by atoms with van der Waals surface area (Å²) in [6.45, 7) is 1.90. The topological polar surface area (TPSA) is 59.2 Å². The summed E-state index contributed by atoms with van der Waals surface area (Å²) in [5.74, 6) is 0.374. The van der Waals surface area contributed by atoms with Crippen LogP contribution >= 0.6 is 11.3 Å². The number of aliphatic hydroxyl groups excluding tert-OH is 1. The highest BCUT2D eigenvalue weighted by atomic mass is 32.1. The SMILES string of the molecule is Cc1cscc1-c1noc(CC(O)C(F)F)n1. The molecule has 1 unspecified atom stereocenters. The van der Waals surface area contributed by atoms with E-state index in [9.17, 15) is 8.78 Å². The summed E-state index contributed by atoms with van der Waals surface area (Å²) < 4.78 is 29.1. The molecule has 0 aliphatic carbocycles. The fourth-order valence-corrected chi connectivity index (χ4v) is 2.13. The summed E-state index contributed by atoms with van der Waals surface area (Å²) in [6.07, 6.45) is -4.92. The number of hydrogen-bond donors (Lipinski definition) is 1. The molecule has 2 aromatic rings. The predicted molar refractivity (Wildman–Crippen MR) is 58.1 cm³/mol. The fraction of sp³-hybridized carbons (Fsp3) is 0.400. The van der Waals surface area contributed by atoms with Crippen LogP contribution in [0.5, 0.6) is 0 Å². The second kappa shape index (κ2) is 4.89. The maximum atomic E-state index is 12.1. The molecule has 2 heterocycles. The summed E-state index contributed by atoms with van der Waals surface area (Å²) >= 11 is 1.50. The van der Waals surface area contributed by atoms with Gasteiger partial charge in [0, 0.05) is 10.9 Å². The third kappa shape index (κ3) is 2.67. The van der Waals surface area contributed by atoms with Gasteiger partial charge in [0.15, 0.2) is 0 Å². The van der Waals surface area contributed by atoms with Gasteiger partial charge in [0.1, 0.15) is 6.10 Å². The number of aromatic nitrogens is 2. The van der Waals surface area contributed by atoms with Gasteiger partial charge < -0.3 is 9.63 Å². The van der Waals surface area contributed by atoms with E-state index in [1.54, 1.807) is 0 Å². The first kappa shape index (κ1) is 12.1. The molecule has 0 saturated carbocycles. The zero-order valence-electron chi connectivity index (χ0n) is 8.93. The molecule has 0 aromatic carbocycles. The van der Waals surface area contributed by atoms with Crippen LogP contribution in [-0.2, 0) is 6.42 Å². The molecule has 0 fully saturated rings. The lowest BCUT2D eigenvalue weighted by Gasteiger charge is -2.04. The van der Waals surface area contributed by atoms with Gasteiger partial charge >= 0.3 is 0 Å². The molecule has 0 saturated heterocycles. The van der Waals surface area contributed by atoms with Crippen LogP contribution in [0.3, 0.4) is 0 Å². The van der Waals surface area contributed by atoms with Gasteiger partial charge in [-0.3, -0.25) is 0 Å². The number of halogens is 2. The van der Waals surface area contributed by atoms with E-state index < -0.39 is 12.5 Å². The van der Waals surface area contributed by atoms with E-state index in [1.165, 1.54) is 11.3 Å². The average Bonchev–Trinajstić information content (AvgIpc) is 2.86. The molecule has 0 aliphatic rings. The predicted octanol–water partition coefficient (Wildman–Crippen LogP) is 2.28. The van der Waals surface area contributed by atoms with Crippen LogP contribution in [0.1, 0.15) is 11.5 Å². The van der Waals surface area contributed by atoms with Crippen molar-refractivity contribution in [3.63, 3.8) is 0 Å². The fourth-order valence-electron chi connectivity index (χ4n) is 1.30. The highest BCUT2D eigenvalue weighted by Gasteiger charge is 2.21. The first-order chi connectivity index (χ1) is 8.08. The number of alkyl halides is 2. The van der Waals surface area contributed by atoms with Crippen LogP contribution < -0.4 is 0 Å². The van der Waals surface area contributed by atoms with Crippen LogP contribution in [0.4, 0.5) is 8.78 Å². The molecule has 0 amide bonds. The monoisotopic (exact) mass is 260 g/mol. The van der Waals surface area contributed by atoms with Crippen LogP contribution in [0, 0.1) is 6.92 Å². The van der Waals surface area contributed by atoms with Crippen LogP contribution in [0.15, 0.2) is 15.3 Å². The molecule has 0 spiro atoms. The summed E-state index contributed by atoms with van der Waals surface area (Å²) in [7, 11) is 0. The summed E-state index contributed by atoms with van der Waals surface area (Å²) in [4.78, 5) is 3.97. The normalized spacial score (nSPS) is 13.2. The molecule has 1 N–H and O–H groups in total. The van der Waals surface area contributed by atoms with E-state index in [4.69, 9.17) is 9.63 Å². The highest BCUT2D eigenvalue weighted by molar-refractivity contribution is 7.08. The van der Waals surface area contributed by atoms with E-state index in [-0.39, 0.29) is 12.3 Å². The Morgan fingerprint density at radius 1 is 1.47 bits per heavy atom. The second-order valence-corrected chi connectivity index (χ2v) is 4.33. The minimum atomic E-state index is -2.81. The Labute approximate surface area is 99.9 Å². The van der Waals surface area contributed by atoms with Crippen molar-refractivity contribution in [3.05, 3.63) is 22.2 Å². The lowest BCUT2D eigenvalue weighted by atomic mass is 10.2. The Hall–Kier alpha value is -1.34. The van der Waals surface area contributed by atoms with Crippen molar-refractivity contribution < 1.29 is 18.4 Å². The Kier molecular flexibility index (Phi) is 3.49. The highest BCUT2D eigenvalue weighted by Crippen LogP contribution is 2.24. The Morgan fingerprint density at radius 2 is 2.24 bits per heavy atom. The van der Waals surface area contributed by atoms with Crippen molar-refractivity contribution in [3.8, 4) is 11.4 Å². The summed E-state index contributed by atoms with van der Waals surface area (Å²) in [6, 6.07) is 0. The molecule has 1 atom stereocenters. The molecule has 4 nitrogen and oxygen atoms in total. The van der Waals surface area contributed by atoms with Gasteiger partial charge in [-0.2, -0.15) is 16.3 Å². The molecule has 0 bridgehead atoms. The van der Waals surface area contributed by atoms with Gasteiger partial charge in [-0.1, -0.05) is 5.16 Å². The van der Waals surface area contributed by atoms with Gasteiger partial charge in [0.2, 0.25) is 11.7 Å². The van der Waals surface area contributed by atoms with Gasteiger partial charge in [0.05, 0.1) is 6.42 Å². The molecule has 0 radical (unpaired) electrons. The quantitative estimate of drug-likeness (QED) is 0.916. The molecular formula is C10H10F2N2O2S. The van der Waals surface area contributed by atoms with Gasteiger partial charge in [0.25, 0.3) is 6.43 Å². The van der Waals surface area contributed by atoms with Crippen molar-refractivity contribution in [1.82, 2.24) is 10.1 Å². The van der Waals surface area contributed by atoms with Crippen molar-refractivity contribution >= 4 is 11.3 Å². The number of aliphatic hydroxyl groups is 1. The van der Waals surface area contributed by atoms with E-state index in [0.717, 1.165) is 11.1 Å². The molecule has 17 heavy (non-hydrogen) atoms. The zero-order chi connectivity index (χ0) is 12.4. The number of aryl methyl sites for hydroxylation is 1. The zero-order valence-corrected chi connectivity index (χ0v) is 9.75. The minimum Gasteiger partial charge on any atom is -0.387 e. The van der Waals surface area contributed by atoms with E-state index in [1.807, 2.05) is 17.7 Å². The Morgan fingerprint density at radius 3 is 2.82 bits per heavy atom. The molecule has 2 rings (SSSR count). The van der Waals surface area contributed by atoms with Crippen LogP contribution in [-0.4, -0.2) is 27.8 Å². The number of thiophene rings is 1. The van der Waals surface area contributed by atoms with Crippen LogP contribution in [0.25, 0.3) is 11.4 Å². The largest absolute Gasteiger partial charge is 0.387 e. The Bertz CT molecular complexity index is 498. The van der Waals surface area contributed by atoms with Crippen molar-refractivity contribution in [1.29, 1.82) is 0 Å². The maximum Gasteiger partial charge on any atom is 0.264 e. The van der Waals surface area contributed by atoms with Gasteiger partial charge in [-0.25, -0.2) is 8.78 Å². The molecule has 7 heteroatoms. The molecule has 2 aromatic heterocycles. The average molecular weight is 260 g/mol. The molecule has 0 aliphatic heterocycles. The summed E-state index contributed by atoms with van der Waals surface area (Å²) in [5.41, 5.74) is 1.81. The van der Waals surface area contributed by atoms with Gasteiger partial charge in [-0.05, 0) is 17.9 Å². The van der Waals surface area contributed by atoms with Crippen LogP contribution in [0.2, 0.25) is 0 Å². The summed E-state index contributed by atoms with van der Waals surface area (Å²) in [5, 5.41) is 16.5. The lowest BCUT2D eigenvalue weighted by molar-refractivity contribution is -0.00754. The lowest BCUT2D eigenvalue weighted by Crippen LogP contribution is -2.20. The Balaban J connectivity index is 2.14. The third-order valence-corrected chi connectivity index (χ3v) is 3.10. The van der Waals surface area contributed by atoms with Crippen molar-refractivity contribution in [2.45, 2.75) is 25.9 Å². The minimum absolute atomic E-state index is 0.0124. The smallest absolute Gasteiger partial charge is 0.264 e. The third-order valence-electron chi connectivity index (χ3n) is 2.24. The molecule has 92 valence electrons. The standard InChI is InChI=1S/C10H10F2N2O2S/c1-5-3-17-4-6(5)10-13-8(16-14-10)2-7(15)9(11)12/h3-4,7,9,15H,2H2,1H3. The van der Waals surface area contributed by atoms with Crippen molar-refractivity contribution in [2.24, 2.45) is 0 Å². The van der Waals surface area contributed by atoms with Gasteiger partial charge in [-0.15, -0.1) is 0 Å². The van der Waals surface area contributed by atoms with E-state index in [0.29, 0.717) is 5.82 Å². The van der Waals surface area contributed by atoms with Crippen molar-refractivity contribution in [2.75, 3.05) is 0 Å². The first-order valence-electron chi connectivity index (χ1n) is 4.90. The van der Waals surface area contributed by atoms with E-state index in [2.05, 4.69) is 10.1 Å². The number of rotatable bonds is 4. The second-order valence-electron chi connectivity index (χ2n) is 3.59. The molecular weight excluding hydrogens is 250 g/mol. The first-order valence-corrected chi connectivity index (χ1v) is 5.84. The number of nitrogens with zero attached hydrogens (tertiary/aromatic N) is 2. The maximum absolute atomic E-state index is 12.1. The van der Waals surface area contributed by atoms with E-state index >= 15 is 0 Å². The number of hydrogen-bond acceptors (Lipinski definition) is 5.